The second kappa shape index (κ2) is 13.1. The molecule has 0 saturated heterocycles. The van der Waals surface area contributed by atoms with Crippen LogP contribution in [0.4, 0.5) is 0 Å². The molecule has 10 heteroatoms. The lowest BCUT2D eigenvalue weighted by atomic mass is 10.2. The Bertz CT molecular complexity index is 1360. The molecule has 0 bridgehead atoms. The van der Waals surface area contributed by atoms with E-state index in [-0.39, 0.29) is 0 Å². The molecule has 0 aromatic heterocycles. The Kier molecular flexibility index (Phi) is 9.37. The second-order valence-corrected chi connectivity index (χ2v) is 9.46. The molecule has 0 aliphatic carbocycles. The van der Waals surface area contributed by atoms with Crippen LogP contribution in [0.1, 0.15) is 15.9 Å². The van der Waals surface area contributed by atoms with Gasteiger partial charge in [-0.3, -0.25) is 4.79 Å². The minimum Gasteiger partial charge on any atom is -0.446 e. The zero-order valence-corrected chi connectivity index (χ0v) is 22.6. The quantitative estimate of drug-likeness (QED) is 0.0729. The number of esters is 1. The highest BCUT2D eigenvalue weighted by molar-refractivity contribution is 9.10. The molecule has 7 nitrogen and oxygen atoms in total. The molecular formula is C28H19BrCl2N2O5. The number of ether oxygens (including phenoxy) is 3. The minimum absolute atomic E-state index is 0.367. The number of nitrogens with one attached hydrogen (secondary N) is 1. The standard InChI is InChI=1S/C28H19BrCl2N2O5/c29-20-5-3-19(4-6-20)27(35)36-23-11-1-18(2-12-23)17-32-33-26(34)28(37-24-13-7-21(30)8-14-24)38-25-15-9-22(31)10-16-25/h1-17,28H,(H,33,34). The molecule has 38 heavy (non-hydrogen) atoms. The number of halogens is 3. The molecule has 0 saturated carbocycles. The highest BCUT2D eigenvalue weighted by atomic mass is 79.9. The zero-order chi connectivity index (χ0) is 26.9. The third-order valence-electron chi connectivity index (χ3n) is 4.89. The van der Waals surface area contributed by atoms with Gasteiger partial charge in [-0.15, -0.1) is 0 Å². The molecular weight excluding hydrogens is 595 g/mol. The predicted molar refractivity (Wildman–Crippen MR) is 149 cm³/mol. The van der Waals surface area contributed by atoms with E-state index < -0.39 is 18.2 Å². The fraction of sp³-hybridized carbons (Fsp3) is 0.0357. The maximum absolute atomic E-state index is 12.8. The first-order valence-electron chi connectivity index (χ1n) is 11.1. The third kappa shape index (κ3) is 8.08. The first kappa shape index (κ1) is 27.2. The van der Waals surface area contributed by atoms with Crippen LogP contribution in [0.5, 0.6) is 17.2 Å². The number of hydrogen-bond donors (Lipinski definition) is 1. The van der Waals surface area contributed by atoms with Gasteiger partial charge in [0.15, 0.2) is 0 Å². The molecule has 0 fully saturated rings. The van der Waals surface area contributed by atoms with Crippen LogP contribution in [0.15, 0.2) is 107 Å². The van der Waals surface area contributed by atoms with Gasteiger partial charge in [-0.05, 0) is 103 Å². The van der Waals surface area contributed by atoms with E-state index in [2.05, 4.69) is 26.5 Å². The summed E-state index contributed by atoms with van der Waals surface area (Å²) < 4.78 is 17.7. The minimum atomic E-state index is -1.35. The summed E-state index contributed by atoms with van der Waals surface area (Å²) >= 11 is 15.2. The van der Waals surface area contributed by atoms with Crippen LogP contribution in [-0.4, -0.2) is 24.4 Å². The molecule has 4 aromatic rings. The summed E-state index contributed by atoms with van der Waals surface area (Å²) in [4.78, 5) is 25.1. The monoisotopic (exact) mass is 612 g/mol. The lowest BCUT2D eigenvalue weighted by Gasteiger charge is -2.19. The lowest BCUT2D eigenvalue weighted by molar-refractivity contribution is -0.140. The topological polar surface area (TPSA) is 86.2 Å². The molecule has 0 aliphatic heterocycles. The SMILES string of the molecule is O=C(Oc1ccc(C=NNC(=O)C(Oc2ccc(Cl)cc2)Oc2ccc(Cl)cc2)cc1)c1ccc(Br)cc1. The Morgan fingerprint density at radius 3 is 1.76 bits per heavy atom. The molecule has 192 valence electrons. The summed E-state index contributed by atoms with van der Waals surface area (Å²) in [6.45, 7) is 0. The number of nitrogens with zero attached hydrogens (tertiary/aromatic N) is 1. The summed E-state index contributed by atoms with van der Waals surface area (Å²) in [5, 5.41) is 5.03. The number of benzene rings is 4. The number of rotatable bonds is 9. The van der Waals surface area contributed by atoms with E-state index in [1.165, 1.54) is 6.21 Å². The summed E-state index contributed by atoms with van der Waals surface area (Å²) in [5.41, 5.74) is 3.49. The van der Waals surface area contributed by atoms with E-state index in [9.17, 15) is 9.59 Å². The van der Waals surface area contributed by atoms with E-state index in [1.54, 1.807) is 97.1 Å². The van der Waals surface area contributed by atoms with Gasteiger partial charge in [-0.1, -0.05) is 39.1 Å². The second-order valence-electron chi connectivity index (χ2n) is 7.68. The molecule has 4 rings (SSSR count). The average molecular weight is 614 g/mol. The van der Waals surface area contributed by atoms with Gasteiger partial charge >= 0.3 is 18.2 Å². The van der Waals surface area contributed by atoms with Gasteiger partial charge in [0, 0.05) is 14.5 Å². The first-order valence-corrected chi connectivity index (χ1v) is 12.7. The smallest absolute Gasteiger partial charge is 0.343 e. The highest BCUT2D eigenvalue weighted by Gasteiger charge is 2.22. The normalized spacial score (nSPS) is 10.8. The number of carbonyl (C=O) groups excluding carboxylic acids is 2. The summed E-state index contributed by atoms with van der Waals surface area (Å²) in [5.74, 6) is -0.00164. The van der Waals surface area contributed by atoms with Crippen molar-refractivity contribution < 1.29 is 23.8 Å². The van der Waals surface area contributed by atoms with Gasteiger partial charge in [0.1, 0.15) is 17.2 Å². The van der Waals surface area contributed by atoms with E-state index in [0.717, 1.165) is 4.47 Å². The number of carbonyl (C=O) groups is 2. The summed E-state index contributed by atoms with van der Waals surface area (Å²) in [7, 11) is 0. The van der Waals surface area contributed by atoms with Crippen molar-refractivity contribution >= 4 is 57.2 Å². The maximum Gasteiger partial charge on any atom is 0.343 e. The van der Waals surface area contributed by atoms with Crippen LogP contribution in [0, 0.1) is 0 Å². The van der Waals surface area contributed by atoms with Gasteiger partial charge in [0.25, 0.3) is 0 Å². The van der Waals surface area contributed by atoms with E-state index in [4.69, 9.17) is 37.4 Å². The van der Waals surface area contributed by atoms with Crippen LogP contribution in [-0.2, 0) is 4.79 Å². The Labute approximate surface area is 237 Å². The summed E-state index contributed by atoms with van der Waals surface area (Å²) in [6, 6.07) is 26.4. The van der Waals surface area contributed by atoms with Crippen molar-refractivity contribution in [2.24, 2.45) is 5.10 Å². The Balaban J connectivity index is 1.37. The molecule has 4 aromatic carbocycles. The zero-order valence-electron chi connectivity index (χ0n) is 19.5. The van der Waals surface area contributed by atoms with E-state index in [1.807, 2.05) is 0 Å². The van der Waals surface area contributed by atoms with Crippen molar-refractivity contribution in [1.29, 1.82) is 0 Å². The van der Waals surface area contributed by atoms with Crippen molar-refractivity contribution in [2.45, 2.75) is 6.29 Å². The Morgan fingerprint density at radius 2 is 1.24 bits per heavy atom. The Morgan fingerprint density at radius 1 is 0.737 bits per heavy atom. The highest BCUT2D eigenvalue weighted by Crippen LogP contribution is 2.21. The number of hydrazone groups is 1. The van der Waals surface area contributed by atoms with Crippen LogP contribution in [0.3, 0.4) is 0 Å². The van der Waals surface area contributed by atoms with Crippen molar-refractivity contribution in [2.75, 3.05) is 0 Å². The van der Waals surface area contributed by atoms with Gasteiger partial charge in [0.05, 0.1) is 11.8 Å². The fourth-order valence-electron chi connectivity index (χ4n) is 3.00. The van der Waals surface area contributed by atoms with Crippen LogP contribution < -0.4 is 19.6 Å². The van der Waals surface area contributed by atoms with Crippen molar-refractivity contribution in [3.63, 3.8) is 0 Å². The number of amides is 1. The molecule has 1 amide bonds. The molecule has 0 unspecified atom stereocenters. The third-order valence-corrected chi connectivity index (χ3v) is 5.92. The predicted octanol–water partition coefficient (Wildman–Crippen LogP) is 6.91. The van der Waals surface area contributed by atoms with E-state index >= 15 is 0 Å². The van der Waals surface area contributed by atoms with Crippen molar-refractivity contribution in [1.82, 2.24) is 5.43 Å². The van der Waals surface area contributed by atoms with Crippen molar-refractivity contribution in [3.05, 3.63) is 123 Å². The van der Waals surface area contributed by atoms with E-state index in [0.29, 0.717) is 38.4 Å². The molecule has 0 radical (unpaired) electrons. The molecule has 0 aliphatic rings. The molecule has 0 atom stereocenters. The first-order chi connectivity index (χ1) is 18.4. The number of hydrogen-bond acceptors (Lipinski definition) is 6. The van der Waals surface area contributed by atoms with Gasteiger partial charge in [0.2, 0.25) is 0 Å². The Hall–Kier alpha value is -3.85. The van der Waals surface area contributed by atoms with Crippen LogP contribution in [0.2, 0.25) is 10.0 Å². The van der Waals surface area contributed by atoms with Crippen LogP contribution in [0.25, 0.3) is 0 Å². The average Bonchev–Trinajstić information content (AvgIpc) is 2.92. The van der Waals surface area contributed by atoms with Gasteiger partial charge < -0.3 is 14.2 Å². The van der Waals surface area contributed by atoms with Gasteiger partial charge in [-0.25, -0.2) is 10.2 Å². The van der Waals surface area contributed by atoms with Crippen LogP contribution >= 0.6 is 39.1 Å². The maximum atomic E-state index is 12.8. The lowest BCUT2D eigenvalue weighted by Crippen LogP contribution is -2.40. The fourth-order valence-corrected chi connectivity index (χ4v) is 3.52. The van der Waals surface area contributed by atoms with Crippen molar-refractivity contribution in [3.8, 4) is 17.2 Å². The molecule has 0 spiro atoms. The summed E-state index contributed by atoms with van der Waals surface area (Å²) in [6.07, 6.45) is 0.0785. The largest absolute Gasteiger partial charge is 0.446 e. The molecule has 1 N–H and O–H groups in total. The van der Waals surface area contributed by atoms with Gasteiger partial charge in [-0.2, -0.15) is 5.10 Å². The molecule has 0 heterocycles.